The summed E-state index contributed by atoms with van der Waals surface area (Å²) in [6, 6.07) is 10.5. The van der Waals surface area contributed by atoms with E-state index in [1.165, 1.54) is 18.4 Å². The molecule has 27 heavy (non-hydrogen) atoms. The number of hydrogen-bond donors (Lipinski definition) is 3. The lowest BCUT2D eigenvalue weighted by atomic mass is 10.1. The molecular formula is C21H37N3O2S. The summed E-state index contributed by atoms with van der Waals surface area (Å²) in [6.45, 7) is 9.58. The molecule has 1 aromatic carbocycles. The molecule has 0 saturated carbocycles. The first-order chi connectivity index (χ1) is 13.1. The quantitative estimate of drug-likeness (QED) is 0.439. The summed E-state index contributed by atoms with van der Waals surface area (Å²) in [5.41, 5.74) is 7.39. The Kier molecular flexibility index (Phi) is 16.0. The minimum Gasteiger partial charge on any atom is -0.377 e. The molecule has 0 spiro atoms. The highest BCUT2D eigenvalue weighted by Crippen LogP contribution is 2.19. The molecule has 1 aromatic rings. The fourth-order valence-electron chi connectivity index (χ4n) is 2.53. The summed E-state index contributed by atoms with van der Waals surface area (Å²) in [5, 5.41) is 8.96. The molecule has 0 saturated heterocycles. The molecule has 0 aromatic heterocycles. The van der Waals surface area contributed by atoms with Crippen molar-refractivity contribution in [2.75, 3.05) is 13.7 Å². The van der Waals surface area contributed by atoms with Crippen molar-refractivity contribution in [2.24, 2.45) is 11.7 Å². The highest BCUT2D eigenvalue weighted by atomic mass is 32.2. The van der Waals surface area contributed by atoms with Gasteiger partial charge >= 0.3 is 0 Å². The molecule has 1 heterocycles. The van der Waals surface area contributed by atoms with Crippen LogP contribution in [-0.2, 0) is 16.0 Å². The van der Waals surface area contributed by atoms with Crippen LogP contribution in [-0.4, -0.2) is 38.1 Å². The Hall–Kier alpha value is -1.34. The fraction of sp³-hybridized carbons (Fsp3) is 0.571. The average Bonchev–Trinajstić information content (AvgIpc) is 3.23. The predicted octanol–water partition coefficient (Wildman–Crippen LogP) is 3.51. The second-order valence-electron chi connectivity index (χ2n) is 6.59. The van der Waals surface area contributed by atoms with Gasteiger partial charge < -0.3 is 20.6 Å². The van der Waals surface area contributed by atoms with Crippen molar-refractivity contribution in [1.29, 1.82) is 0 Å². The van der Waals surface area contributed by atoms with Gasteiger partial charge in [0, 0.05) is 19.4 Å². The number of benzene rings is 1. The van der Waals surface area contributed by atoms with Crippen molar-refractivity contribution >= 4 is 18.6 Å². The van der Waals surface area contributed by atoms with Crippen LogP contribution in [0.25, 0.3) is 0 Å². The van der Waals surface area contributed by atoms with Gasteiger partial charge in [-0.1, -0.05) is 57.5 Å². The molecule has 0 radical (unpaired) electrons. The standard InChI is InChI=1S/C11H14N2S.C9H21NO.CH2O/c12-10(11-13-6-7-14-11)8-9-4-2-1-3-5-9;1-5-6-7-10-9(11-4)8(2)3;1-2/h1-7,10-11,13H,8,12H2;8-10H,5-7H2,1-4H3;1H2. The Morgan fingerprint density at radius 3 is 2.44 bits per heavy atom. The smallest absolute Gasteiger partial charge is 0.110 e. The van der Waals surface area contributed by atoms with Crippen molar-refractivity contribution in [3.05, 3.63) is 47.5 Å². The first-order valence-corrected chi connectivity index (χ1v) is 10.4. The van der Waals surface area contributed by atoms with Crippen LogP contribution in [0.1, 0.15) is 39.2 Å². The molecule has 0 fully saturated rings. The third-order valence-corrected chi connectivity index (χ3v) is 5.06. The topological polar surface area (TPSA) is 76.4 Å². The number of carbonyl (C=O) groups is 1. The van der Waals surface area contributed by atoms with E-state index in [1.54, 1.807) is 18.9 Å². The lowest BCUT2D eigenvalue weighted by Crippen LogP contribution is -2.40. The number of carbonyl (C=O) groups excluding carboxylic acids is 1. The zero-order valence-electron chi connectivity index (χ0n) is 17.2. The van der Waals surface area contributed by atoms with Crippen molar-refractivity contribution in [1.82, 2.24) is 10.6 Å². The van der Waals surface area contributed by atoms with E-state index >= 15 is 0 Å². The molecule has 4 N–H and O–H groups in total. The van der Waals surface area contributed by atoms with Crippen LogP contribution in [0.3, 0.4) is 0 Å². The number of thioether (sulfide) groups is 1. The highest BCUT2D eigenvalue weighted by Gasteiger charge is 2.18. The Labute approximate surface area is 169 Å². The summed E-state index contributed by atoms with van der Waals surface area (Å²) in [6.07, 6.45) is 5.57. The molecular weight excluding hydrogens is 358 g/mol. The Morgan fingerprint density at radius 2 is 1.96 bits per heavy atom. The van der Waals surface area contributed by atoms with Crippen LogP contribution in [0.2, 0.25) is 0 Å². The first-order valence-electron chi connectivity index (χ1n) is 9.49. The van der Waals surface area contributed by atoms with E-state index in [-0.39, 0.29) is 12.3 Å². The Bertz CT molecular complexity index is 478. The molecule has 1 aliphatic rings. The Balaban J connectivity index is 0.000000473. The molecule has 154 valence electrons. The summed E-state index contributed by atoms with van der Waals surface area (Å²) < 4.78 is 5.25. The fourth-order valence-corrected chi connectivity index (χ4v) is 3.31. The van der Waals surface area contributed by atoms with Crippen molar-refractivity contribution in [3.8, 4) is 0 Å². The molecule has 2 rings (SSSR count). The summed E-state index contributed by atoms with van der Waals surface area (Å²) in [4.78, 5) is 8.00. The molecule has 5 nitrogen and oxygen atoms in total. The highest BCUT2D eigenvalue weighted by molar-refractivity contribution is 8.03. The van der Waals surface area contributed by atoms with E-state index in [0.29, 0.717) is 11.3 Å². The van der Waals surface area contributed by atoms with Crippen molar-refractivity contribution in [2.45, 2.75) is 57.7 Å². The van der Waals surface area contributed by atoms with Gasteiger partial charge in [-0.25, -0.2) is 0 Å². The van der Waals surface area contributed by atoms with Crippen LogP contribution in [0.15, 0.2) is 41.9 Å². The number of nitrogens with one attached hydrogen (secondary N) is 2. The van der Waals surface area contributed by atoms with Crippen LogP contribution in [0.4, 0.5) is 0 Å². The third-order valence-electron chi connectivity index (χ3n) is 3.99. The molecule has 0 aliphatic carbocycles. The molecule has 0 amide bonds. The maximum atomic E-state index is 8.00. The lowest BCUT2D eigenvalue weighted by Gasteiger charge is -2.20. The SMILES string of the molecule is C=O.CCCCNC(OC)C(C)C.NC(Cc1ccccc1)C1NC=CS1. The molecule has 3 atom stereocenters. The molecule has 3 unspecified atom stereocenters. The van der Waals surface area contributed by atoms with Gasteiger partial charge in [0.15, 0.2) is 0 Å². The normalized spacial score (nSPS) is 17.2. The van der Waals surface area contributed by atoms with Gasteiger partial charge in [0.05, 0.1) is 5.37 Å². The molecule has 1 aliphatic heterocycles. The number of unbranched alkanes of at least 4 members (excludes halogenated alkanes) is 1. The van der Waals surface area contributed by atoms with Gasteiger partial charge in [-0.05, 0) is 36.3 Å². The summed E-state index contributed by atoms with van der Waals surface area (Å²) in [7, 11) is 1.75. The number of nitrogens with two attached hydrogens (primary N) is 1. The van der Waals surface area contributed by atoms with E-state index < -0.39 is 0 Å². The number of hydrogen-bond acceptors (Lipinski definition) is 6. The maximum absolute atomic E-state index is 8.00. The first kappa shape index (κ1) is 25.7. The number of methoxy groups -OCH3 is 1. The Morgan fingerprint density at radius 1 is 1.30 bits per heavy atom. The summed E-state index contributed by atoms with van der Waals surface area (Å²) in [5.74, 6) is 0.553. The minimum atomic E-state index is 0.164. The van der Waals surface area contributed by atoms with Gasteiger partial charge in [-0.3, -0.25) is 5.32 Å². The van der Waals surface area contributed by atoms with E-state index in [1.807, 2.05) is 19.1 Å². The van der Waals surface area contributed by atoms with E-state index in [9.17, 15) is 0 Å². The third kappa shape index (κ3) is 11.9. The van der Waals surface area contributed by atoms with Gasteiger partial charge in [-0.2, -0.15) is 0 Å². The maximum Gasteiger partial charge on any atom is 0.110 e. The van der Waals surface area contributed by atoms with Crippen LogP contribution in [0.5, 0.6) is 0 Å². The number of rotatable bonds is 9. The molecule has 6 heteroatoms. The van der Waals surface area contributed by atoms with Crippen LogP contribution in [0, 0.1) is 5.92 Å². The van der Waals surface area contributed by atoms with Crippen molar-refractivity contribution in [3.63, 3.8) is 0 Å². The largest absolute Gasteiger partial charge is 0.377 e. The summed E-state index contributed by atoms with van der Waals surface area (Å²) >= 11 is 1.75. The van der Waals surface area contributed by atoms with E-state index in [0.717, 1.165) is 13.0 Å². The van der Waals surface area contributed by atoms with Gasteiger partial charge in [0.25, 0.3) is 0 Å². The second kappa shape index (κ2) is 16.8. The van der Waals surface area contributed by atoms with E-state index in [2.05, 4.69) is 61.1 Å². The zero-order chi connectivity index (χ0) is 20.5. The second-order valence-corrected chi connectivity index (χ2v) is 7.64. The average molecular weight is 396 g/mol. The molecule has 0 bridgehead atoms. The lowest BCUT2D eigenvalue weighted by molar-refractivity contribution is -0.0979. The van der Waals surface area contributed by atoms with Crippen LogP contribution < -0.4 is 16.4 Å². The van der Waals surface area contributed by atoms with Gasteiger partial charge in [-0.15, -0.1) is 11.8 Å². The van der Waals surface area contributed by atoms with Crippen LogP contribution >= 0.6 is 11.8 Å². The van der Waals surface area contributed by atoms with E-state index in [4.69, 9.17) is 15.3 Å². The monoisotopic (exact) mass is 395 g/mol. The predicted molar refractivity (Wildman–Crippen MR) is 117 cm³/mol. The van der Waals surface area contributed by atoms with Gasteiger partial charge in [0.2, 0.25) is 0 Å². The van der Waals surface area contributed by atoms with Gasteiger partial charge in [0.1, 0.15) is 13.0 Å². The minimum absolute atomic E-state index is 0.164. The zero-order valence-corrected chi connectivity index (χ0v) is 18.0. The van der Waals surface area contributed by atoms with Crippen molar-refractivity contribution < 1.29 is 9.53 Å². The number of ether oxygens (including phenoxy) is 1.